The number of hydrogen-bond donors (Lipinski definition) is 4. The summed E-state index contributed by atoms with van der Waals surface area (Å²) in [4.78, 5) is 27.2. The van der Waals surface area contributed by atoms with Crippen molar-refractivity contribution >= 4 is 56.0 Å². The Balaban J connectivity index is 0.000000277. The maximum atomic E-state index is 14.8. The topological polar surface area (TPSA) is 141 Å². The van der Waals surface area contributed by atoms with E-state index in [0.717, 1.165) is 32.9 Å². The van der Waals surface area contributed by atoms with Crippen LogP contribution in [0.25, 0.3) is 44.0 Å². The molecule has 9 nitrogen and oxygen atoms in total. The zero-order chi connectivity index (χ0) is 32.9. The minimum absolute atomic E-state index is 0.360. The first kappa shape index (κ1) is 32.1. The largest absolute Gasteiger partial charge is 0.490 e. The van der Waals surface area contributed by atoms with Crippen molar-refractivity contribution in [3.8, 4) is 11.4 Å². The van der Waals surface area contributed by atoms with Crippen molar-refractivity contribution in [1.29, 1.82) is 0 Å². The van der Waals surface area contributed by atoms with Crippen LogP contribution in [0.4, 0.5) is 42.2 Å². The summed E-state index contributed by atoms with van der Waals surface area (Å²) in [6.07, 6.45) is -8.42. The summed E-state index contributed by atoms with van der Waals surface area (Å²) in [6, 6.07) is 24.9. The van der Waals surface area contributed by atoms with Gasteiger partial charge in [0.15, 0.2) is 5.82 Å². The molecule has 0 aliphatic rings. The Labute approximate surface area is 247 Å². The number of aromatic nitrogens is 4. The number of rotatable bonds is 3. The standard InChI is InChI=1S/C25H16FN5.2C2HF3O2/c26-20-6-3-7-22-23(20)25(28-19-10-11-21-18(13-19)14-27-31-21)30-24(29-22)17-9-8-15-4-1-2-5-16(15)12-17;2*3-2(4,5)1(6)7/h1-14H,(H,27,31)(H,28,29,30);2*(H,6,7). The van der Waals surface area contributed by atoms with E-state index in [4.69, 9.17) is 24.8 Å². The Hall–Kier alpha value is -5.80. The van der Waals surface area contributed by atoms with E-state index in [1.807, 2.05) is 42.5 Å². The molecule has 45 heavy (non-hydrogen) atoms. The van der Waals surface area contributed by atoms with Crippen LogP contribution in [-0.2, 0) is 9.59 Å². The third-order valence-electron chi connectivity index (χ3n) is 5.87. The van der Waals surface area contributed by atoms with Crippen LogP contribution in [0.5, 0.6) is 0 Å². The molecule has 0 bridgehead atoms. The number of carboxylic acid groups (broad SMARTS) is 2. The highest BCUT2D eigenvalue weighted by molar-refractivity contribution is 5.94. The Morgan fingerprint density at radius 3 is 2.02 bits per heavy atom. The lowest BCUT2D eigenvalue weighted by molar-refractivity contribution is -0.193. The number of halogens is 7. The van der Waals surface area contributed by atoms with Gasteiger partial charge in [-0.05, 0) is 47.2 Å². The van der Waals surface area contributed by atoms with Gasteiger partial charge in [-0.25, -0.2) is 23.9 Å². The van der Waals surface area contributed by atoms with Gasteiger partial charge in [0, 0.05) is 16.6 Å². The first-order valence-corrected chi connectivity index (χ1v) is 12.4. The van der Waals surface area contributed by atoms with E-state index < -0.39 is 24.3 Å². The number of anilines is 2. The molecule has 0 saturated carbocycles. The third-order valence-corrected chi connectivity index (χ3v) is 5.87. The second-order valence-electron chi connectivity index (χ2n) is 8.99. The molecule has 0 saturated heterocycles. The van der Waals surface area contributed by atoms with Crippen LogP contribution in [0.3, 0.4) is 0 Å². The van der Waals surface area contributed by atoms with E-state index in [1.165, 1.54) is 6.07 Å². The lowest BCUT2D eigenvalue weighted by Gasteiger charge is -2.12. The predicted octanol–water partition coefficient (Wildman–Crippen LogP) is 7.48. The molecule has 0 atom stereocenters. The van der Waals surface area contributed by atoms with Crippen molar-refractivity contribution in [2.45, 2.75) is 12.4 Å². The lowest BCUT2D eigenvalue weighted by atomic mass is 10.1. The Bertz CT molecular complexity index is 1990. The van der Waals surface area contributed by atoms with Gasteiger partial charge in [0.2, 0.25) is 0 Å². The summed E-state index contributed by atoms with van der Waals surface area (Å²) in [5.41, 5.74) is 3.14. The van der Waals surface area contributed by atoms with E-state index in [-0.39, 0.29) is 5.82 Å². The Kier molecular flexibility index (Phi) is 9.15. The van der Waals surface area contributed by atoms with E-state index in [0.29, 0.717) is 22.5 Å². The number of benzene rings is 4. The molecule has 0 amide bonds. The number of nitrogens with zero attached hydrogens (tertiary/aromatic N) is 3. The normalized spacial score (nSPS) is 11.4. The van der Waals surface area contributed by atoms with Gasteiger partial charge in [-0.15, -0.1) is 0 Å². The van der Waals surface area contributed by atoms with Crippen molar-refractivity contribution in [1.82, 2.24) is 20.2 Å². The van der Waals surface area contributed by atoms with Crippen LogP contribution in [0.2, 0.25) is 0 Å². The summed E-state index contributed by atoms with van der Waals surface area (Å²) in [5.74, 6) is -4.92. The van der Waals surface area contributed by atoms with Crippen LogP contribution in [0, 0.1) is 5.82 Å². The summed E-state index contributed by atoms with van der Waals surface area (Å²) in [5, 5.41) is 28.1. The number of aliphatic carboxylic acids is 2. The van der Waals surface area contributed by atoms with Gasteiger partial charge in [0.05, 0.1) is 22.6 Å². The molecule has 0 aliphatic heterocycles. The van der Waals surface area contributed by atoms with E-state index in [2.05, 4.69) is 38.7 Å². The van der Waals surface area contributed by atoms with Crippen molar-refractivity contribution in [2.24, 2.45) is 0 Å². The fourth-order valence-electron chi connectivity index (χ4n) is 3.85. The lowest BCUT2D eigenvalue weighted by Crippen LogP contribution is -2.21. The SMILES string of the molecule is Fc1cccc2nc(-c3ccc4ccccc4c3)nc(Nc3ccc4[nH]ncc4c3)c12.O=C(O)C(F)(F)F.O=C(O)C(F)(F)F. The van der Waals surface area contributed by atoms with Crippen molar-refractivity contribution in [3.05, 3.63) is 90.9 Å². The van der Waals surface area contributed by atoms with Gasteiger partial charge in [-0.2, -0.15) is 31.4 Å². The monoisotopic (exact) mass is 633 g/mol. The quantitative estimate of drug-likeness (QED) is 0.147. The average Bonchev–Trinajstić information content (AvgIpc) is 3.44. The zero-order valence-corrected chi connectivity index (χ0v) is 22.3. The zero-order valence-electron chi connectivity index (χ0n) is 22.3. The molecule has 0 aliphatic carbocycles. The maximum absolute atomic E-state index is 14.8. The highest BCUT2D eigenvalue weighted by atomic mass is 19.4. The number of alkyl halides is 6. The second kappa shape index (κ2) is 12.8. The van der Waals surface area contributed by atoms with E-state index >= 15 is 0 Å². The number of carbonyl (C=O) groups is 2. The van der Waals surface area contributed by atoms with E-state index in [9.17, 15) is 30.7 Å². The first-order valence-electron chi connectivity index (χ1n) is 12.4. The predicted molar refractivity (Wildman–Crippen MR) is 149 cm³/mol. The summed E-state index contributed by atoms with van der Waals surface area (Å²) in [6.45, 7) is 0. The maximum Gasteiger partial charge on any atom is 0.490 e. The van der Waals surface area contributed by atoms with Gasteiger partial charge in [0.25, 0.3) is 0 Å². The molecular weight excluding hydrogens is 615 g/mol. The number of carboxylic acids is 2. The number of aromatic amines is 1. The highest BCUT2D eigenvalue weighted by Gasteiger charge is 2.38. The third kappa shape index (κ3) is 7.98. The molecule has 4 aromatic carbocycles. The van der Waals surface area contributed by atoms with Crippen molar-refractivity contribution in [3.63, 3.8) is 0 Å². The van der Waals surface area contributed by atoms with Gasteiger partial charge < -0.3 is 15.5 Å². The van der Waals surface area contributed by atoms with Crippen LogP contribution in [0.1, 0.15) is 0 Å². The van der Waals surface area contributed by atoms with Gasteiger partial charge >= 0.3 is 24.3 Å². The molecule has 2 heterocycles. The summed E-state index contributed by atoms with van der Waals surface area (Å²) < 4.78 is 78.2. The number of fused-ring (bicyclic) bond motifs is 3. The molecule has 6 aromatic rings. The summed E-state index contributed by atoms with van der Waals surface area (Å²) in [7, 11) is 0. The van der Waals surface area contributed by atoms with Crippen LogP contribution in [-0.4, -0.2) is 54.7 Å². The molecule has 0 fully saturated rings. The molecule has 232 valence electrons. The van der Waals surface area contributed by atoms with Crippen LogP contribution >= 0.6 is 0 Å². The molecular formula is C29H18F7N5O4. The number of H-pyrrole nitrogens is 1. The molecule has 16 heteroatoms. The number of hydrogen-bond acceptors (Lipinski definition) is 6. The van der Waals surface area contributed by atoms with Crippen LogP contribution < -0.4 is 5.32 Å². The fourth-order valence-corrected chi connectivity index (χ4v) is 3.85. The molecule has 0 spiro atoms. The fraction of sp³-hybridized carbons (Fsp3) is 0.0690. The second-order valence-corrected chi connectivity index (χ2v) is 8.99. The molecule has 0 radical (unpaired) electrons. The van der Waals surface area contributed by atoms with Crippen molar-refractivity contribution < 1.29 is 50.5 Å². The average molecular weight is 633 g/mol. The molecule has 6 rings (SSSR count). The van der Waals surface area contributed by atoms with Gasteiger partial charge in [0.1, 0.15) is 11.6 Å². The Morgan fingerprint density at radius 1 is 0.733 bits per heavy atom. The first-order chi connectivity index (χ1) is 21.1. The molecule has 0 unspecified atom stereocenters. The van der Waals surface area contributed by atoms with Gasteiger partial charge in [-0.3, -0.25) is 5.10 Å². The molecule has 4 N–H and O–H groups in total. The highest BCUT2D eigenvalue weighted by Crippen LogP contribution is 2.31. The Morgan fingerprint density at radius 2 is 1.38 bits per heavy atom. The molecule has 2 aromatic heterocycles. The number of nitrogens with one attached hydrogen (secondary N) is 2. The minimum atomic E-state index is -5.08. The van der Waals surface area contributed by atoms with Crippen molar-refractivity contribution in [2.75, 3.05) is 5.32 Å². The smallest absolute Gasteiger partial charge is 0.475 e. The minimum Gasteiger partial charge on any atom is -0.475 e. The van der Waals surface area contributed by atoms with E-state index in [1.54, 1.807) is 18.3 Å². The van der Waals surface area contributed by atoms with Gasteiger partial charge in [-0.1, -0.05) is 42.5 Å². The summed E-state index contributed by atoms with van der Waals surface area (Å²) >= 11 is 0. The van der Waals surface area contributed by atoms with Crippen LogP contribution in [0.15, 0.2) is 85.1 Å².